The number of aromatic nitrogens is 1. The molecule has 0 bridgehead atoms. The molecule has 0 unspecified atom stereocenters. The van der Waals surface area contributed by atoms with Gasteiger partial charge in [-0.15, -0.1) is 0 Å². The van der Waals surface area contributed by atoms with Crippen LogP contribution in [0.2, 0.25) is 0 Å². The van der Waals surface area contributed by atoms with Gasteiger partial charge in [-0.1, -0.05) is 12.1 Å². The quantitative estimate of drug-likeness (QED) is 0.656. The van der Waals surface area contributed by atoms with E-state index in [2.05, 4.69) is 14.4 Å². The molecular formula is C18H17N3O4S2. The summed E-state index contributed by atoms with van der Waals surface area (Å²) in [7, 11) is -2.32. The van der Waals surface area contributed by atoms with Gasteiger partial charge in [0.1, 0.15) is 5.75 Å². The summed E-state index contributed by atoms with van der Waals surface area (Å²) < 4.78 is 36.9. The number of carbonyl (C=O) groups is 1. The molecule has 0 saturated carbocycles. The van der Waals surface area contributed by atoms with E-state index < -0.39 is 10.0 Å². The number of methoxy groups -OCH3 is 1. The number of hydrogen-bond donors (Lipinski definition) is 2. The number of benzene rings is 2. The zero-order chi connectivity index (χ0) is 19.4. The largest absolute Gasteiger partial charge is 0.497 e. The Hall–Kier alpha value is -2.91. The molecule has 9 heteroatoms. The van der Waals surface area contributed by atoms with Crippen LogP contribution in [0.1, 0.15) is 16.1 Å². The van der Waals surface area contributed by atoms with Crippen LogP contribution in [-0.2, 0) is 10.0 Å². The number of rotatable bonds is 6. The fourth-order valence-electron chi connectivity index (χ4n) is 2.34. The summed E-state index contributed by atoms with van der Waals surface area (Å²) in [5.41, 5.74) is 1.69. The van der Waals surface area contributed by atoms with Gasteiger partial charge in [-0.3, -0.25) is 9.52 Å². The van der Waals surface area contributed by atoms with E-state index in [1.54, 1.807) is 48.7 Å². The van der Waals surface area contributed by atoms with Crippen molar-refractivity contribution in [1.29, 1.82) is 0 Å². The van der Waals surface area contributed by atoms with E-state index >= 15 is 0 Å². The van der Waals surface area contributed by atoms with E-state index in [4.69, 9.17) is 4.74 Å². The molecule has 3 rings (SSSR count). The second-order valence-corrected chi connectivity index (χ2v) is 7.91. The third-order valence-corrected chi connectivity index (χ3v) is 5.89. The predicted octanol–water partition coefficient (Wildman–Crippen LogP) is 3.51. The lowest BCUT2D eigenvalue weighted by Gasteiger charge is -2.13. The number of nitrogens with one attached hydrogen (secondary N) is 2. The summed E-state index contributed by atoms with van der Waals surface area (Å²) in [5, 5.41) is 4.37. The Balaban J connectivity index is 1.85. The molecule has 0 atom stereocenters. The van der Waals surface area contributed by atoms with Crippen LogP contribution in [-0.4, -0.2) is 25.8 Å². The first-order valence-electron chi connectivity index (χ1n) is 7.89. The Morgan fingerprint density at radius 3 is 2.33 bits per heavy atom. The Morgan fingerprint density at radius 2 is 1.74 bits per heavy atom. The number of carbonyl (C=O) groups excluding carboxylic acids is 1. The summed E-state index contributed by atoms with van der Waals surface area (Å²) >= 11 is 1.19. The normalized spacial score (nSPS) is 11.0. The van der Waals surface area contributed by atoms with E-state index in [1.807, 2.05) is 0 Å². The maximum Gasteiger partial charge on any atom is 0.261 e. The number of nitrogens with zero attached hydrogens (tertiary/aromatic N) is 1. The van der Waals surface area contributed by atoms with Gasteiger partial charge in [0.15, 0.2) is 0 Å². The second kappa shape index (κ2) is 7.77. The van der Waals surface area contributed by atoms with Gasteiger partial charge >= 0.3 is 0 Å². The Morgan fingerprint density at radius 1 is 1.07 bits per heavy atom. The van der Waals surface area contributed by atoms with Crippen molar-refractivity contribution >= 4 is 38.8 Å². The highest BCUT2D eigenvalue weighted by Gasteiger charge is 2.18. The molecule has 1 amide bonds. The Labute approximate surface area is 161 Å². The van der Waals surface area contributed by atoms with Crippen LogP contribution in [0.25, 0.3) is 0 Å². The van der Waals surface area contributed by atoms with Crippen LogP contribution in [0.3, 0.4) is 0 Å². The fraction of sp³-hybridized carbons (Fsp3) is 0.111. The van der Waals surface area contributed by atoms with Gasteiger partial charge in [0, 0.05) is 5.38 Å². The van der Waals surface area contributed by atoms with E-state index in [9.17, 15) is 13.2 Å². The SMILES string of the molecule is COc1ccc(S(=O)(=O)Nc2ccccc2NC(=O)c2csnc2C)cc1. The molecule has 0 aliphatic heterocycles. The van der Waals surface area contributed by atoms with Crippen molar-refractivity contribution in [2.75, 3.05) is 17.1 Å². The summed E-state index contributed by atoms with van der Waals surface area (Å²) in [5.74, 6) is 0.207. The van der Waals surface area contributed by atoms with Crippen LogP contribution in [0.5, 0.6) is 5.75 Å². The summed E-state index contributed by atoms with van der Waals surface area (Å²) in [6, 6.07) is 12.6. The monoisotopic (exact) mass is 403 g/mol. The van der Waals surface area contributed by atoms with Gasteiger partial charge < -0.3 is 10.1 Å². The number of anilines is 2. The van der Waals surface area contributed by atoms with Crippen LogP contribution in [0, 0.1) is 6.92 Å². The molecule has 2 N–H and O–H groups in total. The van der Waals surface area contributed by atoms with Crippen molar-refractivity contribution in [3.63, 3.8) is 0 Å². The number of hydrogen-bond acceptors (Lipinski definition) is 6. The lowest BCUT2D eigenvalue weighted by Crippen LogP contribution is -2.17. The lowest BCUT2D eigenvalue weighted by atomic mass is 10.2. The molecule has 0 radical (unpaired) electrons. The van der Waals surface area contributed by atoms with Crippen LogP contribution < -0.4 is 14.8 Å². The van der Waals surface area contributed by atoms with Crippen molar-refractivity contribution < 1.29 is 17.9 Å². The first-order chi connectivity index (χ1) is 12.9. The third-order valence-electron chi connectivity index (χ3n) is 3.78. The molecule has 1 heterocycles. The van der Waals surface area contributed by atoms with Gasteiger partial charge in [0.25, 0.3) is 15.9 Å². The minimum atomic E-state index is -3.83. The first-order valence-corrected chi connectivity index (χ1v) is 10.2. The van der Waals surface area contributed by atoms with Crippen molar-refractivity contribution in [2.24, 2.45) is 0 Å². The van der Waals surface area contributed by atoms with Crippen LogP contribution >= 0.6 is 11.5 Å². The molecule has 0 aliphatic carbocycles. The van der Waals surface area contributed by atoms with E-state index in [1.165, 1.54) is 30.8 Å². The third kappa shape index (κ3) is 4.26. The van der Waals surface area contributed by atoms with Crippen LogP contribution in [0.15, 0.2) is 58.8 Å². The zero-order valence-corrected chi connectivity index (χ0v) is 16.2. The minimum absolute atomic E-state index is 0.0855. The van der Waals surface area contributed by atoms with Gasteiger partial charge in [0.05, 0.1) is 34.6 Å². The summed E-state index contributed by atoms with van der Waals surface area (Å²) in [6.07, 6.45) is 0. The molecule has 7 nitrogen and oxygen atoms in total. The molecule has 0 saturated heterocycles. The molecule has 3 aromatic rings. The van der Waals surface area contributed by atoms with Crippen LogP contribution in [0.4, 0.5) is 11.4 Å². The number of sulfonamides is 1. The number of para-hydroxylation sites is 2. The molecule has 0 spiro atoms. The topological polar surface area (TPSA) is 97.4 Å². The van der Waals surface area contributed by atoms with Gasteiger partial charge in [-0.25, -0.2) is 8.42 Å². The smallest absolute Gasteiger partial charge is 0.261 e. The van der Waals surface area contributed by atoms with Gasteiger partial charge in [-0.05, 0) is 54.9 Å². The second-order valence-electron chi connectivity index (χ2n) is 5.59. The van der Waals surface area contributed by atoms with Crippen molar-refractivity contribution in [1.82, 2.24) is 4.37 Å². The number of ether oxygens (including phenoxy) is 1. The highest BCUT2D eigenvalue weighted by atomic mass is 32.2. The van der Waals surface area contributed by atoms with E-state index in [-0.39, 0.29) is 16.5 Å². The minimum Gasteiger partial charge on any atom is -0.497 e. The average molecular weight is 403 g/mol. The lowest BCUT2D eigenvalue weighted by molar-refractivity contribution is 0.102. The van der Waals surface area contributed by atoms with Crippen molar-refractivity contribution in [3.05, 3.63) is 65.2 Å². The zero-order valence-electron chi connectivity index (χ0n) is 14.6. The standard InChI is InChI=1S/C18H17N3O4S2/c1-12-15(11-26-20-12)18(22)19-16-5-3-4-6-17(16)21-27(23,24)14-9-7-13(25-2)8-10-14/h3-11,21H,1-2H3,(H,19,22). The fourth-order valence-corrected chi connectivity index (χ4v) is 4.11. The maximum absolute atomic E-state index is 12.6. The Bertz CT molecular complexity index is 1060. The van der Waals surface area contributed by atoms with Gasteiger partial charge in [-0.2, -0.15) is 4.37 Å². The molecule has 1 aromatic heterocycles. The molecular weight excluding hydrogens is 386 g/mol. The highest BCUT2D eigenvalue weighted by molar-refractivity contribution is 7.92. The van der Waals surface area contributed by atoms with Gasteiger partial charge in [0.2, 0.25) is 0 Å². The van der Waals surface area contributed by atoms with Crippen molar-refractivity contribution in [3.8, 4) is 5.75 Å². The first kappa shape index (κ1) is 18.9. The molecule has 27 heavy (non-hydrogen) atoms. The predicted molar refractivity (Wildman–Crippen MR) is 105 cm³/mol. The highest BCUT2D eigenvalue weighted by Crippen LogP contribution is 2.26. The van der Waals surface area contributed by atoms with E-state index in [0.717, 1.165) is 0 Å². The van der Waals surface area contributed by atoms with Crippen molar-refractivity contribution in [2.45, 2.75) is 11.8 Å². The number of aryl methyl sites for hydroxylation is 1. The summed E-state index contributed by atoms with van der Waals surface area (Å²) in [4.78, 5) is 12.5. The molecule has 0 aliphatic rings. The molecule has 0 fully saturated rings. The number of amides is 1. The maximum atomic E-state index is 12.6. The Kier molecular flexibility index (Phi) is 5.43. The molecule has 2 aromatic carbocycles. The van der Waals surface area contributed by atoms with E-state index in [0.29, 0.717) is 22.7 Å². The summed E-state index contributed by atoms with van der Waals surface area (Å²) in [6.45, 7) is 1.74. The molecule has 140 valence electrons. The average Bonchev–Trinajstić information content (AvgIpc) is 3.09.